The minimum absolute atomic E-state index is 0.00728. The summed E-state index contributed by atoms with van der Waals surface area (Å²) in [4.78, 5) is 12.9. The van der Waals surface area contributed by atoms with Crippen LogP contribution in [-0.4, -0.2) is 23.4 Å². The van der Waals surface area contributed by atoms with E-state index in [0.29, 0.717) is 40.9 Å². The number of hydrogen-bond acceptors (Lipinski definition) is 5. The molecule has 0 radical (unpaired) electrons. The summed E-state index contributed by atoms with van der Waals surface area (Å²) in [6.07, 6.45) is 0. The van der Waals surface area contributed by atoms with E-state index in [1.165, 1.54) is 6.07 Å². The Hall–Kier alpha value is -2.63. The summed E-state index contributed by atoms with van der Waals surface area (Å²) in [5, 5.41) is 22.4. The molecule has 3 aromatic rings. The van der Waals surface area contributed by atoms with Crippen molar-refractivity contribution in [2.75, 3.05) is 13.2 Å². The zero-order valence-electron chi connectivity index (χ0n) is 13.4. The Balaban J connectivity index is 2.21. The van der Waals surface area contributed by atoms with Gasteiger partial charge in [0.25, 0.3) is 0 Å². The Kier molecular flexibility index (Phi) is 4.64. The third-order valence-electron chi connectivity index (χ3n) is 3.97. The highest BCUT2D eigenvalue weighted by Crippen LogP contribution is 2.30. The van der Waals surface area contributed by atoms with E-state index in [2.05, 4.69) is 5.32 Å². The van der Waals surface area contributed by atoms with Gasteiger partial charge in [0.05, 0.1) is 23.1 Å². The molecule has 5 nitrogen and oxygen atoms in total. The fraction of sp³-hybridized carbons (Fsp3) is 0.211. The van der Waals surface area contributed by atoms with E-state index in [1.807, 2.05) is 30.3 Å². The number of aliphatic hydroxyl groups is 1. The highest BCUT2D eigenvalue weighted by atomic mass is 16.3. The van der Waals surface area contributed by atoms with Gasteiger partial charge in [-0.05, 0) is 24.6 Å². The molecule has 3 rings (SSSR count). The van der Waals surface area contributed by atoms with Crippen molar-refractivity contribution < 1.29 is 14.6 Å². The van der Waals surface area contributed by atoms with Gasteiger partial charge in [-0.3, -0.25) is 4.79 Å². The number of fused-ring (bicyclic) bond motifs is 1. The molecule has 0 amide bonds. The smallest absolute Gasteiger partial charge is 0.200 e. The van der Waals surface area contributed by atoms with Crippen molar-refractivity contribution in [2.45, 2.75) is 13.5 Å². The molecular formula is C19H19NO4. The highest BCUT2D eigenvalue weighted by Gasteiger charge is 2.17. The summed E-state index contributed by atoms with van der Waals surface area (Å²) < 4.78 is 5.91. The fourth-order valence-corrected chi connectivity index (χ4v) is 2.81. The van der Waals surface area contributed by atoms with Crippen LogP contribution in [0.25, 0.3) is 22.1 Å². The maximum atomic E-state index is 12.9. The lowest BCUT2D eigenvalue weighted by atomic mass is 10.0. The van der Waals surface area contributed by atoms with Crippen LogP contribution in [-0.2, 0) is 6.54 Å². The van der Waals surface area contributed by atoms with Crippen LogP contribution in [0.4, 0.5) is 0 Å². The van der Waals surface area contributed by atoms with Gasteiger partial charge in [-0.1, -0.05) is 30.3 Å². The molecule has 1 aromatic heterocycles. The number of aromatic hydroxyl groups is 1. The monoisotopic (exact) mass is 325 g/mol. The first-order valence-electron chi connectivity index (χ1n) is 7.78. The molecule has 0 aliphatic carbocycles. The highest BCUT2D eigenvalue weighted by molar-refractivity contribution is 5.86. The first-order valence-corrected chi connectivity index (χ1v) is 7.78. The maximum absolute atomic E-state index is 12.9. The summed E-state index contributed by atoms with van der Waals surface area (Å²) in [6, 6.07) is 12.5. The molecule has 24 heavy (non-hydrogen) atoms. The Labute approximate surface area is 139 Å². The molecule has 0 bridgehead atoms. The number of rotatable bonds is 5. The number of aliphatic hydroxyl groups excluding tert-OH is 1. The topological polar surface area (TPSA) is 82.7 Å². The predicted molar refractivity (Wildman–Crippen MR) is 93.1 cm³/mol. The maximum Gasteiger partial charge on any atom is 0.200 e. The molecule has 0 atom stereocenters. The third-order valence-corrected chi connectivity index (χ3v) is 3.97. The Morgan fingerprint density at radius 3 is 2.58 bits per heavy atom. The van der Waals surface area contributed by atoms with E-state index in [1.54, 1.807) is 13.0 Å². The Morgan fingerprint density at radius 2 is 1.88 bits per heavy atom. The molecule has 5 heteroatoms. The molecular weight excluding hydrogens is 306 g/mol. The number of phenolic OH excluding ortho intramolecular Hbond substituents is 1. The number of nitrogens with one attached hydrogen (secondary N) is 1. The van der Waals surface area contributed by atoms with Gasteiger partial charge in [-0.2, -0.15) is 0 Å². The molecule has 0 saturated heterocycles. The van der Waals surface area contributed by atoms with Gasteiger partial charge >= 0.3 is 0 Å². The number of benzene rings is 2. The van der Waals surface area contributed by atoms with Gasteiger partial charge in [-0.25, -0.2) is 0 Å². The second kappa shape index (κ2) is 6.86. The van der Waals surface area contributed by atoms with Crippen molar-refractivity contribution in [1.29, 1.82) is 0 Å². The van der Waals surface area contributed by atoms with E-state index >= 15 is 0 Å². The van der Waals surface area contributed by atoms with Crippen LogP contribution in [0, 0.1) is 6.92 Å². The van der Waals surface area contributed by atoms with Gasteiger partial charge in [-0.15, -0.1) is 0 Å². The summed E-state index contributed by atoms with van der Waals surface area (Å²) in [5.74, 6) is 0.565. The zero-order chi connectivity index (χ0) is 17.1. The lowest BCUT2D eigenvalue weighted by Gasteiger charge is -2.12. The molecule has 124 valence electrons. The lowest BCUT2D eigenvalue weighted by Crippen LogP contribution is -2.18. The quantitative estimate of drug-likeness (QED) is 0.628. The third kappa shape index (κ3) is 2.91. The molecule has 0 spiro atoms. The van der Waals surface area contributed by atoms with Crippen LogP contribution in [0.2, 0.25) is 0 Å². The van der Waals surface area contributed by atoms with Crippen molar-refractivity contribution >= 4 is 11.0 Å². The standard InChI is InChI=1S/C19H19NO4/c1-12-17(13-5-3-2-4-6-13)18(23)14-7-8-16(22)15(19(14)24-12)11-20-9-10-21/h2-8,20-22H,9-11H2,1H3. The van der Waals surface area contributed by atoms with Crippen LogP contribution in [0.15, 0.2) is 51.7 Å². The minimum atomic E-state index is -0.122. The number of aryl methyl sites for hydroxylation is 1. The number of phenols is 1. The number of hydrogen-bond donors (Lipinski definition) is 3. The summed E-state index contributed by atoms with van der Waals surface area (Å²) in [5.41, 5.74) is 2.11. The van der Waals surface area contributed by atoms with E-state index in [0.717, 1.165) is 5.56 Å². The molecule has 0 fully saturated rings. The van der Waals surface area contributed by atoms with Gasteiger partial charge in [0.1, 0.15) is 17.1 Å². The molecule has 3 N–H and O–H groups in total. The van der Waals surface area contributed by atoms with Crippen LogP contribution in [0.1, 0.15) is 11.3 Å². The average Bonchev–Trinajstić information content (AvgIpc) is 2.58. The SMILES string of the molecule is Cc1oc2c(CNCCO)c(O)ccc2c(=O)c1-c1ccccc1. The fourth-order valence-electron chi connectivity index (χ4n) is 2.81. The summed E-state index contributed by atoms with van der Waals surface area (Å²) >= 11 is 0. The van der Waals surface area contributed by atoms with E-state index in [9.17, 15) is 9.90 Å². The van der Waals surface area contributed by atoms with Crippen molar-refractivity contribution in [3.05, 3.63) is 64.0 Å². The van der Waals surface area contributed by atoms with Crippen molar-refractivity contribution in [1.82, 2.24) is 5.32 Å². The first-order chi connectivity index (χ1) is 11.6. The van der Waals surface area contributed by atoms with Crippen LogP contribution in [0.3, 0.4) is 0 Å². The zero-order valence-corrected chi connectivity index (χ0v) is 13.4. The molecule has 0 unspecified atom stereocenters. The van der Waals surface area contributed by atoms with Crippen LogP contribution in [0.5, 0.6) is 5.75 Å². The lowest BCUT2D eigenvalue weighted by molar-refractivity contribution is 0.291. The molecule has 1 heterocycles. The Bertz CT molecular complexity index is 916. The van der Waals surface area contributed by atoms with E-state index in [4.69, 9.17) is 9.52 Å². The van der Waals surface area contributed by atoms with E-state index < -0.39 is 0 Å². The van der Waals surface area contributed by atoms with Crippen molar-refractivity contribution in [2.24, 2.45) is 0 Å². The van der Waals surface area contributed by atoms with Crippen LogP contribution < -0.4 is 10.7 Å². The molecule has 0 aliphatic rings. The van der Waals surface area contributed by atoms with Gasteiger partial charge in [0.2, 0.25) is 5.43 Å². The van der Waals surface area contributed by atoms with Gasteiger partial charge in [0.15, 0.2) is 0 Å². The first kappa shape index (κ1) is 16.2. The largest absolute Gasteiger partial charge is 0.507 e. The normalized spacial score (nSPS) is 11.1. The van der Waals surface area contributed by atoms with Gasteiger partial charge in [0, 0.05) is 13.1 Å². The second-order valence-corrected chi connectivity index (χ2v) is 5.57. The van der Waals surface area contributed by atoms with E-state index in [-0.39, 0.29) is 17.8 Å². The van der Waals surface area contributed by atoms with Gasteiger partial charge < -0.3 is 19.9 Å². The minimum Gasteiger partial charge on any atom is -0.507 e. The molecule has 0 aliphatic heterocycles. The predicted octanol–water partition coefficient (Wildman–Crippen LogP) is 2.56. The average molecular weight is 325 g/mol. The van der Waals surface area contributed by atoms with Crippen molar-refractivity contribution in [3.63, 3.8) is 0 Å². The molecule has 2 aromatic carbocycles. The second-order valence-electron chi connectivity index (χ2n) is 5.57. The summed E-state index contributed by atoms with van der Waals surface area (Å²) in [7, 11) is 0. The Morgan fingerprint density at radius 1 is 1.12 bits per heavy atom. The molecule has 0 saturated carbocycles. The van der Waals surface area contributed by atoms with Crippen LogP contribution >= 0.6 is 0 Å². The summed E-state index contributed by atoms with van der Waals surface area (Å²) in [6.45, 7) is 2.43. The van der Waals surface area contributed by atoms with Crippen molar-refractivity contribution in [3.8, 4) is 16.9 Å².